The van der Waals surface area contributed by atoms with Gasteiger partial charge in [0.1, 0.15) is 17.5 Å². The predicted molar refractivity (Wildman–Crippen MR) is 309 cm³/mol. The third kappa shape index (κ3) is 6.83. The number of anilines is 9. The van der Waals surface area contributed by atoms with Gasteiger partial charge in [0.05, 0.1) is 11.4 Å². The average Bonchev–Trinajstić information content (AvgIpc) is 3.69. The van der Waals surface area contributed by atoms with Crippen LogP contribution in [0.25, 0.3) is 65.0 Å². The van der Waals surface area contributed by atoms with Crippen molar-refractivity contribution in [2.45, 2.75) is 19.3 Å². The lowest BCUT2D eigenvalue weighted by Crippen LogP contribution is -2.18. The molecule has 0 spiro atoms. The molecule has 6 nitrogen and oxygen atoms in total. The minimum absolute atomic E-state index is 0.288. The van der Waals surface area contributed by atoms with Crippen molar-refractivity contribution in [2.75, 3.05) is 14.7 Å². The summed E-state index contributed by atoms with van der Waals surface area (Å²) < 4.78 is 0. The molecule has 3 heterocycles. The molecule has 3 aromatic heterocycles. The molecule has 0 atom stereocenters. The van der Waals surface area contributed by atoms with Crippen LogP contribution < -0.4 is 14.7 Å². The van der Waals surface area contributed by atoms with Gasteiger partial charge in [0, 0.05) is 84.5 Å². The molecule has 350 valence electrons. The van der Waals surface area contributed by atoms with Crippen LogP contribution in [0.4, 0.5) is 51.6 Å². The summed E-state index contributed by atoms with van der Waals surface area (Å²) >= 11 is 0. The van der Waals surface area contributed by atoms with Crippen LogP contribution in [0.3, 0.4) is 0 Å². The van der Waals surface area contributed by atoms with Crippen molar-refractivity contribution in [1.82, 2.24) is 15.0 Å². The Kier molecular flexibility index (Phi) is 10.1. The van der Waals surface area contributed by atoms with E-state index in [1.165, 1.54) is 22.3 Å². The van der Waals surface area contributed by atoms with Gasteiger partial charge in [0.25, 0.3) is 0 Å². The van der Waals surface area contributed by atoms with Crippen molar-refractivity contribution >= 4 is 105 Å². The Hall–Kier alpha value is -9.65. The molecule has 1 aliphatic rings. The first-order chi connectivity index (χ1) is 36.5. The number of hydrogen-bond acceptors (Lipinski definition) is 6. The van der Waals surface area contributed by atoms with Gasteiger partial charge in [-0.2, -0.15) is 0 Å². The van der Waals surface area contributed by atoms with E-state index in [9.17, 15) is 0 Å². The van der Waals surface area contributed by atoms with E-state index in [1.54, 1.807) is 0 Å². The van der Waals surface area contributed by atoms with Gasteiger partial charge < -0.3 is 0 Å². The van der Waals surface area contributed by atoms with Gasteiger partial charge in [-0.05, 0) is 117 Å². The third-order valence-electron chi connectivity index (χ3n) is 15.1. The van der Waals surface area contributed by atoms with Crippen LogP contribution in [-0.2, 0) is 5.41 Å². The zero-order valence-corrected chi connectivity index (χ0v) is 40.9. The number of pyridine rings is 3. The Morgan fingerprint density at radius 3 is 1.22 bits per heavy atom. The Bertz CT molecular complexity index is 4290. The highest BCUT2D eigenvalue weighted by Gasteiger charge is 2.38. The lowest BCUT2D eigenvalue weighted by molar-refractivity contribution is 0.661. The molecule has 0 aliphatic heterocycles. The maximum atomic E-state index is 5.36. The largest absolute Gasteiger partial charge is 0.295 e. The summed E-state index contributed by atoms with van der Waals surface area (Å²) in [6, 6.07) is 85.0. The second kappa shape index (κ2) is 17.3. The van der Waals surface area contributed by atoms with Crippen molar-refractivity contribution in [3.8, 4) is 11.1 Å². The highest BCUT2D eigenvalue weighted by Crippen LogP contribution is 2.57. The van der Waals surface area contributed by atoms with Crippen molar-refractivity contribution in [1.29, 1.82) is 0 Å². The van der Waals surface area contributed by atoms with E-state index < -0.39 is 0 Å². The molecule has 14 rings (SSSR count). The first-order valence-corrected chi connectivity index (χ1v) is 25.3. The number of nitrogens with zero attached hydrogens (tertiary/aromatic N) is 6. The van der Waals surface area contributed by atoms with E-state index in [2.05, 4.69) is 265 Å². The highest BCUT2D eigenvalue weighted by atomic mass is 15.2. The molecule has 0 fully saturated rings. The summed E-state index contributed by atoms with van der Waals surface area (Å²) in [5, 5.41) is 10.7. The fourth-order valence-corrected chi connectivity index (χ4v) is 11.7. The second-order valence-corrected chi connectivity index (χ2v) is 19.6. The van der Waals surface area contributed by atoms with E-state index in [0.29, 0.717) is 0 Å². The van der Waals surface area contributed by atoms with Gasteiger partial charge in [-0.1, -0.05) is 172 Å². The summed E-state index contributed by atoms with van der Waals surface area (Å²) in [5.41, 5.74) is 10.8. The number of fused-ring (bicyclic) bond motifs is 8. The molecule has 10 aromatic carbocycles. The molecule has 0 radical (unpaired) electrons. The number of rotatable bonds is 9. The molecule has 13 aromatic rings. The van der Waals surface area contributed by atoms with Crippen molar-refractivity contribution in [3.05, 3.63) is 266 Å². The summed E-state index contributed by atoms with van der Waals surface area (Å²) in [6.45, 7) is 4.74. The molecule has 1 aliphatic carbocycles. The van der Waals surface area contributed by atoms with Crippen LogP contribution in [0.5, 0.6) is 0 Å². The van der Waals surface area contributed by atoms with Crippen molar-refractivity contribution < 1.29 is 0 Å². The average molecular weight is 949 g/mol. The van der Waals surface area contributed by atoms with Crippen LogP contribution in [0, 0.1) is 0 Å². The SMILES string of the molecule is CC1(C)c2ccccc2-c2cc3c(N(c4ccccc4)c4nccc5ccccc45)c4cc(N(c5ccccc5)c5nccc6ccccc56)ccc4c(N(c4ccccc4)c4nccc5ccccc45)c3cc21. The van der Waals surface area contributed by atoms with Gasteiger partial charge in [-0.15, -0.1) is 0 Å². The van der Waals surface area contributed by atoms with Crippen LogP contribution in [0.2, 0.25) is 0 Å². The number of benzene rings is 10. The van der Waals surface area contributed by atoms with E-state index in [4.69, 9.17) is 15.0 Å². The van der Waals surface area contributed by atoms with Crippen LogP contribution in [-0.4, -0.2) is 15.0 Å². The highest BCUT2D eigenvalue weighted by molar-refractivity contribution is 6.26. The third-order valence-corrected chi connectivity index (χ3v) is 15.1. The van der Waals surface area contributed by atoms with E-state index >= 15 is 0 Å². The lowest BCUT2D eigenvalue weighted by atomic mass is 9.81. The normalized spacial score (nSPS) is 12.6. The standard InChI is InChI=1S/C68H48N6/c1-68(2)61-33-19-18-32-55(61)57-43-59-60(44-62(57)68)63(73(49-25-8-4-9-26-49)66-53-30-16-13-21-46(53)37-40-70-66)56-35-34-51(72(48-23-6-3-7-24-48)65-52-29-15-12-20-45(52)36-39-69-65)42-58(56)64(59)74(50-27-10-5-11-28-50)67-54-31-17-14-22-47(54)38-41-71-67/h3-44H,1-2H3. The van der Waals surface area contributed by atoms with Gasteiger partial charge >= 0.3 is 0 Å². The monoisotopic (exact) mass is 948 g/mol. The Morgan fingerprint density at radius 2 is 0.689 bits per heavy atom. The molecule has 74 heavy (non-hydrogen) atoms. The van der Waals surface area contributed by atoms with E-state index in [1.807, 2.05) is 18.6 Å². The molecule has 0 unspecified atom stereocenters. The molecule has 0 bridgehead atoms. The van der Waals surface area contributed by atoms with Crippen molar-refractivity contribution in [2.24, 2.45) is 0 Å². The number of hydrogen-bond donors (Lipinski definition) is 0. The maximum absolute atomic E-state index is 5.36. The Labute approximate surface area is 429 Å². The number of para-hydroxylation sites is 3. The lowest BCUT2D eigenvalue weighted by Gasteiger charge is -2.34. The molecule has 0 saturated heterocycles. The van der Waals surface area contributed by atoms with E-state index in [0.717, 1.165) is 105 Å². The molecule has 0 amide bonds. The minimum atomic E-state index is -0.288. The zero-order chi connectivity index (χ0) is 49.3. The van der Waals surface area contributed by atoms with Crippen LogP contribution in [0.1, 0.15) is 25.0 Å². The zero-order valence-electron chi connectivity index (χ0n) is 40.9. The number of aromatic nitrogens is 3. The van der Waals surface area contributed by atoms with Gasteiger partial charge in [-0.3, -0.25) is 14.7 Å². The topological polar surface area (TPSA) is 48.4 Å². The fraction of sp³-hybridized carbons (Fsp3) is 0.0441. The smallest absolute Gasteiger partial charge is 0.145 e. The molecule has 0 saturated carbocycles. The van der Waals surface area contributed by atoms with Gasteiger partial charge in [0.15, 0.2) is 0 Å². The quantitative estimate of drug-likeness (QED) is 0.106. The van der Waals surface area contributed by atoms with Crippen LogP contribution in [0.15, 0.2) is 255 Å². The summed E-state index contributed by atoms with van der Waals surface area (Å²) in [7, 11) is 0. The van der Waals surface area contributed by atoms with Gasteiger partial charge in [0.2, 0.25) is 0 Å². The van der Waals surface area contributed by atoms with Crippen LogP contribution >= 0.6 is 0 Å². The molecular weight excluding hydrogens is 901 g/mol. The molecule has 0 N–H and O–H groups in total. The fourth-order valence-electron chi connectivity index (χ4n) is 11.7. The Balaban J connectivity index is 1.21. The first-order valence-electron chi connectivity index (χ1n) is 25.3. The molecule has 6 heteroatoms. The van der Waals surface area contributed by atoms with Gasteiger partial charge in [-0.25, -0.2) is 15.0 Å². The predicted octanol–water partition coefficient (Wildman–Crippen LogP) is 18.4. The Morgan fingerprint density at radius 1 is 0.284 bits per heavy atom. The summed E-state index contributed by atoms with van der Waals surface area (Å²) in [4.78, 5) is 23.0. The van der Waals surface area contributed by atoms with Crippen molar-refractivity contribution in [3.63, 3.8) is 0 Å². The second-order valence-electron chi connectivity index (χ2n) is 19.6. The minimum Gasteiger partial charge on any atom is -0.295 e. The summed E-state index contributed by atoms with van der Waals surface area (Å²) in [6.07, 6.45) is 5.81. The van der Waals surface area contributed by atoms with E-state index in [-0.39, 0.29) is 5.41 Å². The summed E-state index contributed by atoms with van der Waals surface area (Å²) in [5.74, 6) is 2.52. The molecular formula is C68H48N6. The first kappa shape index (κ1) is 43.2. The maximum Gasteiger partial charge on any atom is 0.145 e.